The first-order valence-corrected chi connectivity index (χ1v) is 7.60. The highest BCUT2D eigenvalue weighted by atomic mass is 16.6. The summed E-state index contributed by atoms with van der Waals surface area (Å²) in [6, 6.07) is -1.18. The van der Waals surface area contributed by atoms with Crippen molar-refractivity contribution < 1.29 is 28.6 Å². The molecule has 0 bridgehead atoms. The molecule has 0 rings (SSSR count). The first-order valence-electron chi connectivity index (χ1n) is 7.60. The van der Waals surface area contributed by atoms with Crippen LogP contribution in [0.1, 0.15) is 48.0 Å². The van der Waals surface area contributed by atoms with E-state index >= 15 is 0 Å². The van der Waals surface area contributed by atoms with Crippen molar-refractivity contribution in [1.82, 2.24) is 5.32 Å². The minimum absolute atomic E-state index is 0.135. The molecule has 1 amide bonds. The highest BCUT2D eigenvalue weighted by molar-refractivity contribution is 5.83. The Kier molecular flexibility index (Phi) is 8.98. The molecule has 0 aliphatic carbocycles. The summed E-state index contributed by atoms with van der Waals surface area (Å²) in [5.41, 5.74) is -0.723. The Balaban J connectivity index is 5.28. The lowest BCUT2D eigenvalue weighted by atomic mass is 10.1. The molecular weight excluding hydrogens is 302 g/mol. The van der Waals surface area contributed by atoms with Crippen LogP contribution in [-0.4, -0.2) is 42.4 Å². The van der Waals surface area contributed by atoms with E-state index in [1.807, 2.05) is 6.92 Å². The molecule has 0 saturated heterocycles. The Hall–Kier alpha value is -2.05. The van der Waals surface area contributed by atoms with Gasteiger partial charge in [0.15, 0.2) is 12.1 Å². The molecule has 0 heterocycles. The Morgan fingerprint density at radius 2 is 1.78 bits per heavy atom. The number of alkyl carbamates (subject to hydrolysis) is 1. The van der Waals surface area contributed by atoms with Gasteiger partial charge in [-0.05, 0) is 40.2 Å². The van der Waals surface area contributed by atoms with Gasteiger partial charge in [-0.1, -0.05) is 13.0 Å². The molecule has 0 aromatic carbocycles. The zero-order valence-corrected chi connectivity index (χ0v) is 14.7. The number of hydrogen-bond acceptors (Lipinski definition) is 6. The maximum absolute atomic E-state index is 12.1. The summed E-state index contributed by atoms with van der Waals surface area (Å²) in [6.07, 6.45) is 2.19. The Morgan fingerprint density at radius 3 is 2.22 bits per heavy atom. The third kappa shape index (κ3) is 9.55. The molecule has 0 fully saturated rings. The molecule has 0 aliphatic rings. The van der Waals surface area contributed by atoms with E-state index in [2.05, 4.69) is 5.32 Å². The zero-order chi connectivity index (χ0) is 18.0. The highest BCUT2D eigenvalue weighted by Gasteiger charge is 2.33. The molecule has 0 saturated carbocycles. The second-order valence-corrected chi connectivity index (χ2v) is 5.79. The molecule has 1 N–H and O–H groups in total. The van der Waals surface area contributed by atoms with Crippen LogP contribution in [0.4, 0.5) is 4.79 Å². The fraction of sp³-hybridized carbons (Fsp3) is 0.688. The summed E-state index contributed by atoms with van der Waals surface area (Å²) in [7, 11) is 0. The van der Waals surface area contributed by atoms with Gasteiger partial charge in [-0.3, -0.25) is 4.79 Å². The van der Waals surface area contributed by atoms with Crippen LogP contribution in [-0.2, 0) is 23.8 Å². The lowest BCUT2D eigenvalue weighted by molar-refractivity contribution is -0.154. The van der Waals surface area contributed by atoms with Crippen molar-refractivity contribution in [2.45, 2.75) is 65.7 Å². The first kappa shape index (κ1) is 20.9. The summed E-state index contributed by atoms with van der Waals surface area (Å²) >= 11 is 0. The van der Waals surface area contributed by atoms with E-state index < -0.39 is 35.8 Å². The number of carbonyl (C=O) groups excluding carboxylic acids is 3. The van der Waals surface area contributed by atoms with Gasteiger partial charge in [0.1, 0.15) is 5.60 Å². The lowest BCUT2D eigenvalue weighted by Gasteiger charge is -2.26. The topological polar surface area (TPSA) is 90.9 Å². The molecule has 0 aromatic rings. The number of carbonyl (C=O) groups is 3. The van der Waals surface area contributed by atoms with Crippen molar-refractivity contribution in [2.75, 3.05) is 6.61 Å². The minimum Gasteiger partial charge on any atom is -0.464 e. The van der Waals surface area contributed by atoms with Gasteiger partial charge in [0, 0.05) is 6.92 Å². The van der Waals surface area contributed by atoms with Gasteiger partial charge in [0.25, 0.3) is 0 Å². The SMILES string of the molecule is CC/C=C/C(OC(C)=O)C(NC(=O)OC(C)(C)C)C(=O)OCC. The molecule has 23 heavy (non-hydrogen) atoms. The van der Waals surface area contributed by atoms with E-state index in [0.717, 1.165) is 0 Å². The van der Waals surface area contributed by atoms with Gasteiger partial charge in [-0.2, -0.15) is 0 Å². The van der Waals surface area contributed by atoms with Crippen LogP contribution < -0.4 is 5.32 Å². The molecule has 0 spiro atoms. The number of rotatable bonds is 7. The smallest absolute Gasteiger partial charge is 0.408 e. The van der Waals surface area contributed by atoms with Crippen LogP contribution in [0, 0.1) is 0 Å². The molecule has 2 unspecified atom stereocenters. The van der Waals surface area contributed by atoms with Gasteiger partial charge in [-0.25, -0.2) is 9.59 Å². The normalized spacial score (nSPS) is 14.0. The van der Waals surface area contributed by atoms with Crippen molar-refractivity contribution in [3.63, 3.8) is 0 Å². The monoisotopic (exact) mass is 329 g/mol. The summed E-state index contributed by atoms with van der Waals surface area (Å²) in [5.74, 6) is -1.28. The second-order valence-electron chi connectivity index (χ2n) is 5.79. The number of ether oxygens (including phenoxy) is 3. The first-order chi connectivity index (χ1) is 10.6. The largest absolute Gasteiger partial charge is 0.464 e. The Morgan fingerprint density at radius 1 is 1.17 bits per heavy atom. The van der Waals surface area contributed by atoms with Crippen LogP contribution in [0.3, 0.4) is 0 Å². The molecule has 132 valence electrons. The summed E-state index contributed by atoms with van der Waals surface area (Å²) in [5, 5.41) is 2.41. The van der Waals surface area contributed by atoms with Gasteiger partial charge in [0.2, 0.25) is 0 Å². The maximum Gasteiger partial charge on any atom is 0.408 e. The Bertz CT molecular complexity index is 438. The van der Waals surface area contributed by atoms with E-state index in [0.29, 0.717) is 6.42 Å². The maximum atomic E-state index is 12.1. The average molecular weight is 329 g/mol. The van der Waals surface area contributed by atoms with Gasteiger partial charge in [-0.15, -0.1) is 0 Å². The molecule has 2 atom stereocenters. The molecule has 0 radical (unpaired) electrons. The van der Waals surface area contributed by atoms with Crippen LogP contribution >= 0.6 is 0 Å². The third-order valence-electron chi connectivity index (χ3n) is 2.40. The van der Waals surface area contributed by atoms with Gasteiger partial charge in [0.05, 0.1) is 6.61 Å². The average Bonchev–Trinajstić information content (AvgIpc) is 2.38. The fourth-order valence-electron chi connectivity index (χ4n) is 1.62. The van der Waals surface area contributed by atoms with Gasteiger partial charge >= 0.3 is 18.0 Å². The molecule has 7 heteroatoms. The quantitative estimate of drug-likeness (QED) is 0.438. The van der Waals surface area contributed by atoms with E-state index in [-0.39, 0.29) is 6.61 Å². The van der Waals surface area contributed by atoms with Crippen molar-refractivity contribution in [3.05, 3.63) is 12.2 Å². The number of nitrogens with one attached hydrogen (secondary N) is 1. The van der Waals surface area contributed by atoms with E-state index in [1.54, 1.807) is 39.8 Å². The van der Waals surface area contributed by atoms with Crippen LogP contribution in [0.25, 0.3) is 0 Å². The predicted molar refractivity (Wildman–Crippen MR) is 84.8 cm³/mol. The van der Waals surface area contributed by atoms with Crippen molar-refractivity contribution in [2.24, 2.45) is 0 Å². The summed E-state index contributed by atoms with van der Waals surface area (Å²) in [4.78, 5) is 35.3. The van der Waals surface area contributed by atoms with Crippen molar-refractivity contribution in [1.29, 1.82) is 0 Å². The number of amides is 1. The van der Waals surface area contributed by atoms with Crippen LogP contribution in [0.15, 0.2) is 12.2 Å². The number of allylic oxidation sites excluding steroid dienone is 1. The van der Waals surface area contributed by atoms with Crippen LogP contribution in [0.2, 0.25) is 0 Å². The highest BCUT2D eigenvalue weighted by Crippen LogP contribution is 2.10. The third-order valence-corrected chi connectivity index (χ3v) is 2.40. The van der Waals surface area contributed by atoms with Crippen molar-refractivity contribution in [3.8, 4) is 0 Å². The number of hydrogen-bond donors (Lipinski definition) is 1. The van der Waals surface area contributed by atoms with E-state index in [9.17, 15) is 14.4 Å². The Labute approximate surface area is 137 Å². The van der Waals surface area contributed by atoms with Crippen molar-refractivity contribution >= 4 is 18.0 Å². The van der Waals surface area contributed by atoms with E-state index in [4.69, 9.17) is 14.2 Å². The fourth-order valence-corrected chi connectivity index (χ4v) is 1.62. The molecule has 0 aromatic heterocycles. The lowest BCUT2D eigenvalue weighted by Crippen LogP contribution is -2.51. The second kappa shape index (κ2) is 9.86. The van der Waals surface area contributed by atoms with E-state index in [1.165, 1.54) is 6.92 Å². The summed E-state index contributed by atoms with van der Waals surface area (Å²) in [6.45, 7) is 10.00. The number of esters is 2. The standard InChI is InChI=1S/C16H27NO6/c1-7-9-10-12(22-11(3)18)13(14(19)21-8-2)17-15(20)23-16(4,5)6/h9-10,12-13H,7-8H2,1-6H3,(H,17,20)/b10-9+. The summed E-state index contributed by atoms with van der Waals surface area (Å²) < 4.78 is 15.2. The zero-order valence-electron chi connectivity index (χ0n) is 14.7. The molecular formula is C16H27NO6. The van der Waals surface area contributed by atoms with Crippen LogP contribution in [0.5, 0.6) is 0 Å². The minimum atomic E-state index is -1.18. The predicted octanol–water partition coefficient (Wildman–Crippen LogP) is 2.34. The molecule has 7 nitrogen and oxygen atoms in total. The molecule has 0 aliphatic heterocycles. The van der Waals surface area contributed by atoms with Gasteiger partial charge < -0.3 is 19.5 Å².